The molecule has 0 fully saturated rings. The largest absolute Gasteiger partial charge is 0.325 e. The van der Waals surface area contributed by atoms with Gasteiger partial charge in [-0.25, -0.2) is 4.98 Å². The number of benzene rings is 1. The van der Waals surface area contributed by atoms with Crippen molar-refractivity contribution in [2.24, 2.45) is 0 Å². The molecule has 0 aliphatic carbocycles. The molecule has 1 heterocycles. The maximum Gasteiger partial charge on any atom is 0.230 e. The lowest BCUT2D eigenvalue weighted by molar-refractivity contribution is -0.115. The third kappa shape index (κ3) is 3.38. The highest BCUT2D eigenvalue weighted by Gasteiger charge is 2.08. The maximum absolute atomic E-state index is 11.8. The van der Waals surface area contributed by atoms with E-state index in [1.54, 1.807) is 11.3 Å². The summed E-state index contributed by atoms with van der Waals surface area (Å²) < 4.78 is 0.878. The fraction of sp³-hybridized carbons (Fsp3) is 0.167. The quantitative estimate of drug-likeness (QED) is 0.944. The van der Waals surface area contributed by atoms with E-state index in [1.807, 2.05) is 36.6 Å². The number of halogens is 1. The molecule has 0 bridgehead atoms. The number of para-hydroxylation sites is 1. The van der Waals surface area contributed by atoms with E-state index in [2.05, 4.69) is 26.2 Å². The summed E-state index contributed by atoms with van der Waals surface area (Å²) in [5.41, 5.74) is 1.60. The monoisotopic (exact) mass is 310 g/mol. The van der Waals surface area contributed by atoms with Gasteiger partial charge in [-0.15, -0.1) is 11.3 Å². The number of carbonyl (C=O) groups is 1. The second kappa shape index (κ2) is 5.42. The summed E-state index contributed by atoms with van der Waals surface area (Å²) >= 11 is 4.94. The topological polar surface area (TPSA) is 42.0 Å². The molecule has 0 aliphatic rings. The van der Waals surface area contributed by atoms with Gasteiger partial charge in [0.05, 0.1) is 22.8 Å². The van der Waals surface area contributed by atoms with Crippen molar-refractivity contribution in [1.29, 1.82) is 0 Å². The minimum absolute atomic E-state index is 0.0535. The Balaban J connectivity index is 2.01. The Hall–Kier alpha value is -1.20. The van der Waals surface area contributed by atoms with Crippen LogP contribution in [0.4, 0.5) is 5.69 Å². The molecule has 88 valence electrons. The molecule has 2 aromatic rings. The van der Waals surface area contributed by atoms with Crippen LogP contribution < -0.4 is 5.32 Å². The van der Waals surface area contributed by atoms with Crippen molar-refractivity contribution in [3.05, 3.63) is 44.8 Å². The van der Waals surface area contributed by atoms with Gasteiger partial charge in [0.15, 0.2) is 0 Å². The van der Waals surface area contributed by atoms with Gasteiger partial charge in [0.25, 0.3) is 0 Å². The fourth-order valence-electron chi connectivity index (χ4n) is 1.41. The lowest BCUT2D eigenvalue weighted by Gasteiger charge is -2.05. The van der Waals surface area contributed by atoms with Gasteiger partial charge >= 0.3 is 0 Å². The van der Waals surface area contributed by atoms with E-state index >= 15 is 0 Å². The van der Waals surface area contributed by atoms with E-state index in [-0.39, 0.29) is 5.91 Å². The predicted molar refractivity (Wildman–Crippen MR) is 73.3 cm³/mol. The number of hydrogen-bond acceptors (Lipinski definition) is 3. The molecular weight excluding hydrogens is 300 g/mol. The van der Waals surface area contributed by atoms with E-state index in [0.29, 0.717) is 6.42 Å². The summed E-state index contributed by atoms with van der Waals surface area (Å²) in [4.78, 5) is 16.0. The van der Waals surface area contributed by atoms with Crippen LogP contribution in [0.25, 0.3) is 0 Å². The first-order valence-corrected chi connectivity index (χ1v) is 6.78. The molecule has 3 nitrogen and oxygen atoms in total. The van der Waals surface area contributed by atoms with Crippen molar-refractivity contribution in [3.8, 4) is 0 Å². The summed E-state index contributed by atoms with van der Waals surface area (Å²) in [7, 11) is 0. The average Bonchev–Trinajstić information content (AvgIpc) is 2.67. The van der Waals surface area contributed by atoms with E-state index in [4.69, 9.17) is 0 Å². The van der Waals surface area contributed by atoms with Crippen LogP contribution in [0, 0.1) is 6.92 Å². The Labute approximate surface area is 112 Å². The van der Waals surface area contributed by atoms with Crippen LogP contribution in [0.5, 0.6) is 0 Å². The first-order valence-electron chi connectivity index (χ1n) is 5.10. The maximum atomic E-state index is 11.8. The van der Waals surface area contributed by atoms with E-state index in [0.717, 1.165) is 20.9 Å². The van der Waals surface area contributed by atoms with Crippen LogP contribution in [-0.2, 0) is 11.2 Å². The van der Waals surface area contributed by atoms with Gasteiger partial charge in [0.1, 0.15) is 0 Å². The standard InChI is InChI=1S/C12H11BrN2OS/c1-8-14-9(7-17-8)6-12(16)15-11-5-3-2-4-10(11)13/h2-5,7H,6H2,1H3,(H,15,16). The van der Waals surface area contributed by atoms with Crippen molar-refractivity contribution in [2.45, 2.75) is 13.3 Å². The minimum Gasteiger partial charge on any atom is -0.325 e. The van der Waals surface area contributed by atoms with Crippen LogP contribution in [0.2, 0.25) is 0 Å². The molecule has 0 spiro atoms. The van der Waals surface area contributed by atoms with Crippen LogP contribution in [0.1, 0.15) is 10.7 Å². The zero-order chi connectivity index (χ0) is 12.3. The highest BCUT2D eigenvalue weighted by molar-refractivity contribution is 9.10. The molecule has 0 saturated heterocycles. The van der Waals surface area contributed by atoms with Gasteiger partial charge in [0, 0.05) is 9.85 Å². The number of aryl methyl sites for hydroxylation is 1. The van der Waals surface area contributed by atoms with Gasteiger partial charge in [-0.1, -0.05) is 12.1 Å². The van der Waals surface area contributed by atoms with E-state index in [9.17, 15) is 4.79 Å². The van der Waals surface area contributed by atoms with Gasteiger partial charge in [-0.2, -0.15) is 0 Å². The number of rotatable bonds is 3. The molecule has 5 heteroatoms. The van der Waals surface area contributed by atoms with Gasteiger partial charge in [-0.05, 0) is 35.0 Å². The Kier molecular flexibility index (Phi) is 3.91. The van der Waals surface area contributed by atoms with Gasteiger partial charge in [0.2, 0.25) is 5.91 Å². The van der Waals surface area contributed by atoms with E-state index < -0.39 is 0 Å². The van der Waals surface area contributed by atoms with Crippen molar-refractivity contribution in [3.63, 3.8) is 0 Å². The zero-order valence-electron chi connectivity index (χ0n) is 9.24. The first-order chi connectivity index (χ1) is 8.15. The minimum atomic E-state index is -0.0535. The molecule has 0 saturated carbocycles. The normalized spacial score (nSPS) is 10.2. The highest BCUT2D eigenvalue weighted by atomic mass is 79.9. The number of hydrogen-bond donors (Lipinski definition) is 1. The van der Waals surface area contributed by atoms with Crippen LogP contribution in [0.15, 0.2) is 34.1 Å². The molecule has 0 radical (unpaired) electrons. The SMILES string of the molecule is Cc1nc(CC(=O)Nc2ccccc2Br)cs1. The number of thiazole rings is 1. The summed E-state index contributed by atoms with van der Waals surface area (Å²) in [5, 5.41) is 5.74. The van der Waals surface area contributed by atoms with Crippen molar-refractivity contribution in [2.75, 3.05) is 5.32 Å². The number of amides is 1. The smallest absolute Gasteiger partial charge is 0.230 e. The molecule has 0 unspecified atom stereocenters. The number of nitrogens with one attached hydrogen (secondary N) is 1. The predicted octanol–water partition coefficient (Wildman–Crippen LogP) is 3.40. The summed E-state index contributed by atoms with van der Waals surface area (Å²) in [6, 6.07) is 7.54. The van der Waals surface area contributed by atoms with Crippen molar-refractivity contribution < 1.29 is 4.79 Å². The van der Waals surface area contributed by atoms with Crippen LogP contribution >= 0.6 is 27.3 Å². The number of nitrogens with zero attached hydrogens (tertiary/aromatic N) is 1. The van der Waals surface area contributed by atoms with E-state index in [1.165, 1.54) is 0 Å². The molecule has 0 atom stereocenters. The summed E-state index contributed by atoms with van der Waals surface area (Å²) in [5.74, 6) is -0.0535. The molecule has 1 amide bonds. The molecule has 2 rings (SSSR count). The fourth-order valence-corrected chi connectivity index (χ4v) is 2.41. The first kappa shape index (κ1) is 12.3. The summed E-state index contributed by atoms with van der Waals surface area (Å²) in [6.07, 6.45) is 0.311. The molecular formula is C12H11BrN2OS. The molecule has 1 N–H and O–H groups in total. The summed E-state index contributed by atoms with van der Waals surface area (Å²) in [6.45, 7) is 1.93. The lowest BCUT2D eigenvalue weighted by Crippen LogP contribution is -2.14. The third-order valence-electron chi connectivity index (χ3n) is 2.16. The number of aromatic nitrogens is 1. The Bertz CT molecular complexity index is 539. The van der Waals surface area contributed by atoms with Crippen LogP contribution in [0.3, 0.4) is 0 Å². The van der Waals surface area contributed by atoms with Crippen molar-refractivity contribution >= 4 is 38.9 Å². The van der Waals surface area contributed by atoms with Crippen LogP contribution in [-0.4, -0.2) is 10.9 Å². The average molecular weight is 311 g/mol. The molecule has 1 aromatic carbocycles. The molecule has 1 aromatic heterocycles. The highest BCUT2D eigenvalue weighted by Crippen LogP contribution is 2.21. The number of carbonyl (C=O) groups excluding carboxylic acids is 1. The molecule has 0 aliphatic heterocycles. The third-order valence-corrected chi connectivity index (χ3v) is 3.67. The second-order valence-corrected chi connectivity index (χ2v) is 5.48. The Morgan fingerprint density at radius 3 is 2.88 bits per heavy atom. The van der Waals surface area contributed by atoms with Gasteiger partial charge < -0.3 is 5.32 Å². The van der Waals surface area contributed by atoms with Crippen molar-refractivity contribution in [1.82, 2.24) is 4.98 Å². The Morgan fingerprint density at radius 1 is 1.47 bits per heavy atom. The Morgan fingerprint density at radius 2 is 2.24 bits per heavy atom. The second-order valence-electron chi connectivity index (χ2n) is 3.56. The lowest BCUT2D eigenvalue weighted by atomic mass is 10.3. The molecule has 17 heavy (non-hydrogen) atoms. The number of anilines is 1. The zero-order valence-corrected chi connectivity index (χ0v) is 11.6. The van der Waals surface area contributed by atoms with Gasteiger partial charge in [-0.3, -0.25) is 4.79 Å².